The third-order valence-electron chi connectivity index (χ3n) is 2.11. The van der Waals surface area contributed by atoms with Crippen LogP contribution in [0.1, 0.15) is 13.8 Å². The van der Waals surface area contributed by atoms with Crippen molar-refractivity contribution in [1.29, 1.82) is 10.5 Å². The van der Waals surface area contributed by atoms with Crippen molar-refractivity contribution >= 4 is 34.9 Å². The summed E-state index contributed by atoms with van der Waals surface area (Å²) in [7, 11) is 0. The highest BCUT2D eigenvalue weighted by Crippen LogP contribution is 2.37. The number of nitrogen functional groups attached to an aromatic ring is 2. The average Bonchev–Trinajstić information content (AvgIpc) is 2.34. The molecule has 2 atom stereocenters. The smallest absolute Gasteiger partial charge is 0.0936 e. The first kappa shape index (κ1) is 14.6. The Morgan fingerprint density at radius 1 is 0.944 bits per heavy atom. The van der Waals surface area contributed by atoms with Gasteiger partial charge in [0.15, 0.2) is 0 Å². The first-order valence-electron chi connectivity index (χ1n) is 5.29. The Hall–Kier alpha value is -1.50. The van der Waals surface area contributed by atoms with Crippen molar-refractivity contribution in [3.63, 3.8) is 0 Å². The molecule has 1 aromatic rings. The highest BCUT2D eigenvalue weighted by atomic mass is 32.2. The van der Waals surface area contributed by atoms with Crippen molar-refractivity contribution < 1.29 is 0 Å². The van der Waals surface area contributed by atoms with E-state index in [4.69, 9.17) is 22.0 Å². The molecule has 0 fully saturated rings. The van der Waals surface area contributed by atoms with Gasteiger partial charge in [-0.15, -0.1) is 23.5 Å². The maximum Gasteiger partial charge on any atom is 0.0936 e. The number of anilines is 2. The molecule has 1 aromatic carbocycles. The Balaban J connectivity index is 2.98. The minimum atomic E-state index is -0.178. The van der Waals surface area contributed by atoms with Crippen molar-refractivity contribution in [2.75, 3.05) is 11.5 Å². The van der Waals surface area contributed by atoms with Gasteiger partial charge in [-0.05, 0) is 26.0 Å². The van der Waals surface area contributed by atoms with Crippen LogP contribution < -0.4 is 11.5 Å². The molecule has 2 unspecified atom stereocenters. The second kappa shape index (κ2) is 6.44. The van der Waals surface area contributed by atoms with Crippen LogP contribution in [0.5, 0.6) is 0 Å². The number of nitrogens with zero attached hydrogens (tertiary/aromatic N) is 2. The lowest BCUT2D eigenvalue weighted by Gasteiger charge is -2.12. The maximum atomic E-state index is 8.78. The van der Waals surface area contributed by atoms with Crippen molar-refractivity contribution in [1.82, 2.24) is 0 Å². The SMILES string of the molecule is CC(C#N)Sc1cc(N)c(SC(C)C#N)cc1N. The fourth-order valence-corrected chi connectivity index (χ4v) is 2.88. The molecule has 94 valence electrons. The predicted octanol–water partition coefficient (Wildman–Crippen LogP) is 2.86. The molecule has 0 saturated heterocycles. The van der Waals surface area contributed by atoms with Gasteiger partial charge >= 0.3 is 0 Å². The topological polar surface area (TPSA) is 99.6 Å². The molecule has 0 radical (unpaired) electrons. The molecule has 0 amide bonds. The Morgan fingerprint density at radius 2 is 1.28 bits per heavy atom. The number of benzene rings is 1. The zero-order valence-corrected chi connectivity index (χ0v) is 11.8. The highest BCUT2D eigenvalue weighted by Gasteiger charge is 2.12. The maximum absolute atomic E-state index is 8.78. The summed E-state index contributed by atoms with van der Waals surface area (Å²) >= 11 is 2.75. The molecule has 0 spiro atoms. The number of thioether (sulfide) groups is 2. The summed E-state index contributed by atoms with van der Waals surface area (Å²) in [5, 5.41) is 17.2. The minimum Gasteiger partial charge on any atom is -0.398 e. The molecule has 4 N–H and O–H groups in total. The largest absolute Gasteiger partial charge is 0.398 e. The molecule has 4 nitrogen and oxygen atoms in total. The van der Waals surface area contributed by atoms with Crippen LogP contribution in [0.2, 0.25) is 0 Å². The number of hydrogen-bond acceptors (Lipinski definition) is 6. The van der Waals surface area contributed by atoms with Crippen LogP contribution >= 0.6 is 23.5 Å². The van der Waals surface area contributed by atoms with Gasteiger partial charge in [0.1, 0.15) is 0 Å². The van der Waals surface area contributed by atoms with Crippen LogP contribution in [0.3, 0.4) is 0 Å². The van der Waals surface area contributed by atoms with E-state index in [1.165, 1.54) is 23.5 Å². The summed E-state index contributed by atoms with van der Waals surface area (Å²) < 4.78 is 0. The summed E-state index contributed by atoms with van der Waals surface area (Å²) in [5.74, 6) is 0. The van der Waals surface area contributed by atoms with Gasteiger partial charge in [-0.2, -0.15) is 10.5 Å². The van der Waals surface area contributed by atoms with Gasteiger partial charge in [0.2, 0.25) is 0 Å². The average molecular weight is 278 g/mol. The van der Waals surface area contributed by atoms with Gasteiger partial charge in [-0.25, -0.2) is 0 Å². The summed E-state index contributed by atoms with van der Waals surface area (Å²) in [6, 6.07) is 7.80. The summed E-state index contributed by atoms with van der Waals surface area (Å²) in [5.41, 5.74) is 13.0. The number of rotatable bonds is 4. The van der Waals surface area contributed by atoms with Crippen molar-refractivity contribution in [2.45, 2.75) is 34.1 Å². The monoisotopic (exact) mass is 278 g/mol. The standard InChI is InChI=1S/C12H14N4S2/c1-7(5-13)17-11-3-10(16)12(4-9(11)15)18-8(2)6-14/h3-4,7-8H,15-16H2,1-2H3. The van der Waals surface area contributed by atoms with E-state index in [2.05, 4.69) is 12.1 Å². The number of nitriles is 2. The molecule has 0 aliphatic carbocycles. The van der Waals surface area contributed by atoms with Crippen LogP contribution in [0.25, 0.3) is 0 Å². The first-order valence-corrected chi connectivity index (χ1v) is 7.05. The third-order valence-corrected chi connectivity index (χ3v) is 4.25. The number of nitrogens with two attached hydrogens (primary N) is 2. The van der Waals surface area contributed by atoms with Crippen LogP contribution in [-0.4, -0.2) is 10.5 Å². The zero-order valence-electron chi connectivity index (χ0n) is 10.2. The lowest BCUT2D eigenvalue weighted by molar-refractivity contribution is 1.22. The lowest BCUT2D eigenvalue weighted by Crippen LogP contribution is -1.99. The van der Waals surface area contributed by atoms with Gasteiger partial charge in [0.25, 0.3) is 0 Å². The van der Waals surface area contributed by atoms with E-state index in [1.807, 2.05) is 0 Å². The quantitative estimate of drug-likeness (QED) is 0.649. The van der Waals surface area contributed by atoms with Crippen LogP contribution in [0.15, 0.2) is 21.9 Å². The van der Waals surface area contributed by atoms with Gasteiger partial charge in [0, 0.05) is 21.2 Å². The Kier molecular flexibility index (Phi) is 5.21. The van der Waals surface area contributed by atoms with Gasteiger partial charge in [0.05, 0.1) is 22.6 Å². The van der Waals surface area contributed by atoms with E-state index in [0.717, 1.165) is 9.79 Å². The fraction of sp³-hybridized carbons (Fsp3) is 0.333. The first-order chi connectivity index (χ1) is 8.47. The predicted molar refractivity (Wildman–Crippen MR) is 77.1 cm³/mol. The van der Waals surface area contributed by atoms with Crippen molar-refractivity contribution in [2.24, 2.45) is 0 Å². The van der Waals surface area contributed by atoms with Crippen molar-refractivity contribution in [3.8, 4) is 12.1 Å². The Bertz CT molecular complexity index is 468. The van der Waals surface area contributed by atoms with Crippen LogP contribution in [0.4, 0.5) is 11.4 Å². The molecule has 0 heterocycles. The van der Waals surface area contributed by atoms with Crippen LogP contribution in [0, 0.1) is 22.7 Å². The van der Waals surface area contributed by atoms with Gasteiger partial charge in [-0.3, -0.25) is 0 Å². The lowest BCUT2D eigenvalue weighted by atomic mass is 10.3. The number of hydrogen-bond donors (Lipinski definition) is 2. The molecule has 0 saturated carbocycles. The highest BCUT2D eigenvalue weighted by molar-refractivity contribution is 8.00. The molecule has 0 aliphatic rings. The molecule has 0 aromatic heterocycles. The summed E-state index contributed by atoms with van der Waals surface area (Å²) in [4.78, 5) is 1.60. The van der Waals surface area contributed by atoms with Crippen LogP contribution in [-0.2, 0) is 0 Å². The van der Waals surface area contributed by atoms with Crippen molar-refractivity contribution in [3.05, 3.63) is 12.1 Å². The Labute approximate surface area is 115 Å². The second-order valence-electron chi connectivity index (χ2n) is 3.71. The van der Waals surface area contributed by atoms with E-state index in [1.54, 1.807) is 26.0 Å². The molecular formula is C12H14N4S2. The molecule has 0 bridgehead atoms. The molecule has 6 heteroatoms. The Morgan fingerprint density at radius 3 is 1.56 bits per heavy atom. The van der Waals surface area contributed by atoms with Gasteiger partial charge in [-0.1, -0.05) is 0 Å². The normalized spacial score (nSPS) is 13.3. The molecule has 0 aliphatic heterocycles. The van der Waals surface area contributed by atoms with E-state index < -0.39 is 0 Å². The van der Waals surface area contributed by atoms with E-state index >= 15 is 0 Å². The van der Waals surface area contributed by atoms with E-state index in [0.29, 0.717) is 11.4 Å². The third kappa shape index (κ3) is 3.76. The molecule has 18 heavy (non-hydrogen) atoms. The summed E-state index contributed by atoms with van der Waals surface area (Å²) in [6.07, 6.45) is 0. The minimum absolute atomic E-state index is 0.178. The molecular weight excluding hydrogens is 264 g/mol. The zero-order chi connectivity index (χ0) is 13.7. The van der Waals surface area contributed by atoms with E-state index in [-0.39, 0.29) is 10.5 Å². The second-order valence-corrected chi connectivity index (χ2v) is 6.47. The van der Waals surface area contributed by atoms with Gasteiger partial charge < -0.3 is 11.5 Å². The summed E-state index contributed by atoms with van der Waals surface area (Å²) in [6.45, 7) is 3.61. The van der Waals surface area contributed by atoms with E-state index in [9.17, 15) is 0 Å². The fourth-order valence-electron chi connectivity index (χ4n) is 1.23. The molecule has 1 rings (SSSR count).